The molecule has 1 rings (SSSR count). The van der Waals surface area contributed by atoms with E-state index in [4.69, 9.17) is 12.2 Å². The summed E-state index contributed by atoms with van der Waals surface area (Å²) in [7, 11) is 0. The molecule has 0 heterocycles. The van der Waals surface area contributed by atoms with Crippen LogP contribution in [0.25, 0.3) is 0 Å². The van der Waals surface area contributed by atoms with Crippen molar-refractivity contribution >= 4 is 39.9 Å². The summed E-state index contributed by atoms with van der Waals surface area (Å²) >= 11 is 6.84. The van der Waals surface area contributed by atoms with Crippen molar-refractivity contribution in [2.45, 2.75) is 53.4 Å². The van der Waals surface area contributed by atoms with E-state index in [1.807, 2.05) is 0 Å². The number of rotatable bonds is 7. The number of thioether (sulfide) groups is 1. The Labute approximate surface area is 156 Å². The van der Waals surface area contributed by atoms with Crippen LogP contribution in [-0.2, 0) is 4.79 Å². The molecule has 0 spiro atoms. The lowest BCUT2D eigenvalue weighted by Crippen LogP contribution is -2.28. The molecule has 1 aromatic rings. The number of nitrogens with zero attached hydrogens (tertiary/aromatic N) is 1. The smallest absolute Gasteiger partial charge is 0.234 e. The Balaban J connectivity index is 2.85. The normalized spacial score (nSPS) is 11.0. The number of carbonyl (C=O) groups is 1. The molecule has 0 aromatic heterocycles. The highest BCUT2D eigenvalue weighted by atomic mass is 32.2. The van der Waals surface area contributed by atoms with E-state index in [1.165, 1.54) is 22.9 Å². The van der Waals surface area contributed by atoms with Crippen molar-refractivity contribution in [3.8, 4) is 0 Å². The number of carbonyl (C=O) groups excluding carboxylic acids is 1. The topological polar surface area (TPSA) is 32.3 Å². The first-order valence-electron chi connectivity index (χ1n) is 8.66. The minimum Gasteiger partial charge on any atom is -0.358 e. The number of benzene rings is 1. The van der Waals surface area contributed by atoms with Crippen molar-refractivity contribution in [1.82, 2.24) is 4.90 Å². The van der Waals surface area contributed by atoms with E-state index in [0.717, 1.165) is 23.1 Å². The standard InChI is InChI=1S/C19H30N2OS2/c1-7-21(8-2)19(23)24-12-17(22)20-18-15(13(3)4)10-9-11-16(18)14(5)6/h9-11,13-14H,7-8,12H2,1-6H3,(H,20,22). The summed E-state index contributed by atoms with van der Waals surface area (Å²) in [6.07, 6.45) is 0. The predicted octanol–water partition coefficient (Wildman–Crippen LogP) is 5.23. The zero-order valence-corrected chi connectivity index (χ0v) is 17.3. The molecule has 0 saturated heterocycles. The van der Waals surface area contributed by atoms with E-state index in [1.54, 1.807) is 0 Å². The highest BCUT2D eigenvalue weighted by molar-refractivity contribution is 8.23. The maximum absolute atomic E-state index is 12.5. The van der Waals surface area contributed by atoms with Crippen molar-refractivity contribution in [2.75, 3.05) is 24.2 Å². The van der Waals surface area contributed by atoms with Crippen molar-refractivity contribution in [1.29, 1.82) is 0 Å². The first-order chi connectivity index (χ1) is 11.3. The van der Waals surface area contributed by atoms with Gasteiger partial charge in [-0.3, -0.25) is 4.79 Å². The zero-order chi connectivity index (χ0) is 18.3. The van der Waals surface area contributed by atoms with Crippen molar-refractivity contribution < 1.29 is 4.79 Å². The fourth-order valence-corrected chi connectivity index (χ4v) is 3.77. The minimum atomic E-state index is 0.00417. The Morgan fingerprint density at radius 1 is 1.12 bits per heavy atom. The van der Waals surface area contributed by atoms with Crippen molar-refractivity contribution in [3.63, 3.8) is 0 Å². The number of thiocarbonyl (C=S) groups is 1. The average molecular weight is 367 g/mol. The fourth-order valence-electron chi connectivity index (χ4n) is 2.57. The molecule has 134 valence electrons. The van der Waals surface area contributed by atoms with Gasteiger partial charge in [0.25, 0.3) is 0 Å². The van der Waals surface area contributed by atoms with E-state index >= 15 is 0 Å². The molecular weight excluding hydrogens is 336 g/mol. The quantitative estimate of drug-likeness (QED) is 0.670. The molecule has 0 saturated carbocycles. The van der Waals surface area contributed by atoms with Crippen LogP contribution in [0.5, 0.6) is 0 Å². The van der Waals surface area contributed by atoms with E-state index in [0.29, 0.717) is 17.6 Å². The molecule has 3 nitrogen and oxygen atoms in total. The van der Waals surface area contributed by atoms with Crippen LogP contribution in [0.4, 0.5) is 5.69 Å². The largest absolute Gasteiger partial charge is 0.358 e. The van der Waals surface area contributed by atoms with Gasteiger partial charge in [0.15, 0.2) is 0 Å². The van der Waals surface area contributed by atoms with Crippen LogP contribution in [0.2, 0.25) is 0 Å². The zero-order valence-electron chi connectivity index (χ0n) is 15.7. The van der Waals surface area contributed by atoms with Crippen molar-refractivity contribution in [3.05, 3.63) is 29.3 Å². The Hall–Kier alpha value is -1.07. The molecule has 0 bridgehead atoms. The van der Waals surface area contributed by atoms with Gasteiger partial charge >= 0.3 is 0 Å². The van der Waals surface area contributed by atoms with Crippen LogP contribution in [0, 0.1) is 0 Å². The van der Waals surface area contributed by atoms with E-state index < -0.39 is 0 Å². The molecule has 1 amide bonds. The van der Waals surface area contributed by atoms with Crippen LogP contribution in [0.1, 0.15) is 64.5 Å². The van der Waals surface area contributed by atoms with Gasteiger partial charge in [-0.15, -0.1) is 0 Å². The summed E-state index contributed by atoms with van der Waals surface area (Å²) in [4.78, 5) is 14.5. The first-order valence-corrected chi connectivity index (χ1v) is 10.0. The summed E-state index contributed by atoms with van der Waals surface area (Å²) in [5.74, 6) is 1.08. The number of para-hydroxylation sites is 1. The molecule has 0 atom stereocenters. The van der Waals surface area contributed by atoms with Gasteiger partial charge in [-0.05, 0) is 36.8 Å². The van der Waals surface area contributed by atoms with Gasteiger partial charge in [0.05, 0.1) is 5.75 Å². The number of hydrogen-bond donors (Lipinski definition) is 1. The summed E-state index contributed by atoms with van der Waals surface area (Å²) in [6.45, 7) is 14.5. The molecule has 24 heavy (non-hydrogen) atoms. The van der Waals surface area contributed by atoms with Gasteiger partial charge in [-0.1, -0.05) is 69.9 Å². The number of nitrogens with one attached hydrogen (secondary N) is 1. The second kappa shape index (κ2) is 10.0. The van der Waals surface area contributed by atoms with Gasteiger partial charge in [0.2, 0.25) is 5.91 Å². The molecule has 0 unspecified atom stereocenters. The highest BCUT2D eigenvalue weighted by Gasteiger charge is 2.16. The lowest BCUT2D eigenvalue weighted by Gasteiger charge is -2.22. The summed E-state index contributed by atoms with van der Waals surface area (Å²) in [5.41, 5.74) is 3.35. The van der Waals surface area contributed by atoms with Gasteiger partial charge in [0, 0.05) is 18.8 Å². The van der Waals surface area contributed by atoms with Gasteiger partial charge < -0.3 is 10.2 Å². The third-order valence-corrected chi connectivity index (χ3v) is 5.51. The lowest BCUT2D eigenvalue weighted by molar-refractivity contribution is -0.113. The fraction of sp³-hybridized carbons (Fsp3) is 0.579. The van der Waals surface area contributed by atoms with Crippen LogP contribution in [0.3, 0.4) is 0 Å². The molecule has 0 aliphatic heterocycles. The van der Waals surface area contributed by atoms with Crippen LogP contribution in [-0.4, -0.2) is 34.0 Å². The van der Waals surface area contributed by atoms with E-state index in [2.05, 4.69) is 70.0 Å². The number of hydrogen-bond acceptors (Lipinski definition) is 3. The van der Waals surface area contributed by atoms with E-state index in [9.17, 15) is 4.79 Å². The summed E-state index contributed by atoms with van der Waals surface area (Å²) in [6, 6.07) is 6.27. The number of amides is 1. The van der Waals surface area contributed by atoms with Crippen LogP contribution < -0.4 is 5.32 Å². The monoisotopic (exact) mass is 366 g/mol. The average Bonchev–Trinajstić information content (AvgIpc) is 2.53. The molecule has 0 fully saturated rings. The number of anilines is 1. The van der Waals surface area contributed by atoms with Gasteiger partial charge in [-0.25, -0.2) is 0 Å². The Kier molecular flexibility index (Phi) is 8.78. The Morgan fingerprint density at radius 2 is 1.62 bits per heavy atom. The van der Waals surface area contributed by atoms with Crippen molar-refractivity contribution in [2.24, 2.45) is 0 Å². The summed E-state index contributed by atoms with van der Waals surface area (Å²) < 4.78 is 0.788. The van der Waals surface area contributed by atoms with Crippen LogP contribution >= 0.6 is 24.0 Å². The Morgan fingerprint density at radius 3 is 2.04 bits per heavy atom. The first kappa shape index (κ1) is 21.0. The maximum Gasteiger partial charge on any atom is 0.234 e. The molecule has 1 N–H and O–H groups in total. The Bertz CT molecular complexity index is 540. The SMILES string of the molecule is CCN(CC)C(=S)SCC(=O)Nc1c(C(C)C)cccc1C(C)C. The third kappa shape index (κ3) is 5.78. The molecule has 1 aromatic carbocycles. The van der Waals surface area contributed by atoms with Crippen LogP contribution in [0.15, 0.2) is 18.2 Å². The molecular formula is C19H30N2OS2. The van der Waals surface area contributed by atoms with Gasteiger partial charge in [0.1, 0.15) is 4.32 Å². The second-order valence-corrected chi connectivity index (χ2v) is 8.01. The third-order valence-electron chi connectivity index (χ3n) is 3.99. The predicted molar refractivity (Wildman–Crippen MR) is 111 cm³/mol. The molecule has 0 aliphatic rings. The lowest BCUT2D eigenvalue weighted by atomic mass is 9.92. The maximum atomic E-state index is 12.5. The minimum absolute atomic E-state index is 0.00417. The molecule has 5 heteroatoms. The molecule has 0 aliphatic carbocycles. The van der Waals surface area contributed by atoms with Gasteiger partial charge in [-0.2, -0.15) is 0 Å². The summed E-state index contributed by atoms with van der Waals surface area (Å²) in [5, 5.41) is 3.13. The highest BCUT2D eigenvalue weighted by Crippen LogP contribution is 2.32. The van der Waals surface area contributed by atoms with E-state index in [-0.39, 0.29) is 5.91 Å². The molecule has 0 radical (unpaired) electrons. The second-order valence-electron chi connectivity index (χ2n) is 6.40.